The van der Waals surface area contributed by atoms with Crippen LogP contribution in [0.15, 0.2) is 54.6 Å². The number of halogens is 3. The Balaban J connectivity index is 1.72. The minimum atomic E-state index is 0.0444. The number of rotatable bonds is 6. The van der Waals surface area contributed by atoms with Crippen LogP contribution in [0, 0.1) is 0 Å². The molecule has 0 radical (unpaired) electrons. The highest BCUT2D eigenvalue weighted by molar-refractivity contribution is 6.32. The molecule has 0 atom stereocenters. The van der Waals surface area contributed by atoms with Crippen LogP contribution >= 0.6 is 34.8 Å². The van der Waals surface area contributed by atoms with E-state index >= 15 is 0 Å². The number of benzene rings is 3. The third-order valence-corrected chi connectivity index (χ3v) is 4.84. The van der Waals surface area contributed by atoms with Gasteiger partial charge in [-0.25, -0.2) is 0 Å². The third-order valence-electron chi connectivity index (χ3n) is 3.97. The summed E-state index contributed by atoms with van der Waals surface area (Å²) in [6.45, 7) is 0.990. The SMILES string of the molecule is Oc1cc(CNc2ccc(Cl)cc2NCc2ccc(Cl)c(O)c2)ccc1Cl. The lowest BCUT2D eigenvalue weighted by atomic mass is 10.2. The molecule has 3 rings (SSSR count). The number of hydrogen-bond donors (Lipinski definition) is 4. The first-order chi connectivity index (χ1) is 12.9. The number of phenols is 2. The maximum Gasteiger partial charge on any atom is 0.134 e. The van der Waals surface area contributed by atoms with Gasteiger partial charge in [-0.05, 0) is 53.6 Å². The Morgan fingerprint density at radius 2 is 1.15 bits per heavy atom. The Morgan fingerprint density at radius 3 is 1.67 bits per heavy atom. The molecule has 4 N–H and O–H groups in total. The number of nitrogens with one attached hydrogen (secondary N) is 2. The van der Waals surface area contributed by atoms with Gasteiger partial charge in [0.1, 0.15) is 11.5 Å². The van der Waals surface area contributed by atoms with Crippen molar-refractivity contribution in [3.05, 3.63) is 80.8 Å². The van der Waals surface area contributed by atoms with Crippen molar-refractivity contribution in [2.45, 2.75) is 13.1 Å². The van der Waals surface area contributed by atoms with Crippen LogP contribution in [-0.2, 0) is 13.1 Å². The average molecular weight is 424 g/mol. The van der Waals surface area contributed by atoms with E-state index in [9.17, 15) is 10.2 Å². The van der Waals surface area contributed by atoms with Crippen molar-refractivity contribution >= 4 is 46.2 Å². The summed E-state index contributed by atoms with van der Waals surface area (Å²) in [5, 5.41) is 27.3. The molecular weight excluding hydrogens is 407 g/mol. The predicted octanol–water partition coefficient (Wildman–Crippen LogP) is 6.28. The van der Waals surface area contributed by atoms with Crippen molar-refractivity contribution in [3.63, 3.8) is 0 Å². The average Bonchev–Trinajstić information content (AvgIpc) is 2.64. The molecule has 0 heterocycles. The summed E-state index contributed by atoms with van der Waals surface area (Å²) in [5.41, 5.74) is 3.44. The smallest absolute Gasteiger partial charge is 0.134 e. The summed E-state index contributed by atoms with van der Waals surface area (Å²) < 4.78 is 0. The predicted molar refractivity (Wildman–Crippen MR) is 112 cm³/mol. The minimum absolute atomic E-state index is 0.0444. The largest absolute Gasteiger partial charge is 0.506 e. The van der Waals surface area contributed by atoms with Crippen molar-refractivity contribution in [2.24, 2.45) is 0 Å². The molecule has 7 heteroatoms. The molecule has 0 unspecified atom stereocenters. The van der Waals surface area contributed by atoms with E-state index in [1.54, 1.807) is 30.3 Å². The van der Waals surface area contributed by atoms with Crippen molar-refractivity contribution in [3.8, 4) is 11.5 Å². The Bertz CT molecular complexity index is 964. The molecule has 0 aliphatic carbocycles. The number of phenolic OH excluding ortho intramolecular Hbond substituents is 2. The van der Waals surface area contributed by atoms with Crippen molar-refractivity contribution in [2.75, 3.05) is 10.6 Å². The molecule has 4 nitrogen and oxygen atoms in total. The lowest BCUT2D eigenvalue weighted by Crippen LogP contribution is -2.05. The van der Waals surface area contributed by atoms with Crippen molar-refractivity contribution < 1.29 is 10.2 Å². The highest BCUT2D eigenvalue weighted by atomic mass is 35.5. The van der Waals surface area contributed by atoms with Gasteiger partial charge in [0.05, 0.1) is 21.4 Å². The number of anilines is 2. The fourth-order valence-corrected chi connectivity index (χ4v) is 2.96. The Morgan fingerprint density at radius 1 is 0.630 bits per heavy atom. The van der Waals surface area contributed by atoms with Gasteiger partial charge >= 0.3 is 0 Å². The van der Waals surface area contributed by atoms with Gasteiger partial charge in [-0.1, -0.05) is 46.9 Å². The van der Waals surface area contributed by atoms with Crippen LogP contribution in [0.1, 0.15) is 11.1 Å². The van der Waals surface area contributed by atoms with E-state index in [4.69, 9.17) is 34.8 Å². The maximum atomic E-state index is 9.73. The van der Waals surface area contributed by atoms with Gasteiger partial charge in [0, 0.05) is 18.1 Å². The Labute approximate surface area is 172 Å². The maximum absolute atomic E-state index is 9.73. The Kier molecular flexibility index (Phi) is 6.22. The molecule has 0 saturated carbocycles. The zero-order valence-corrected chi connectivity index (χ0v) is 16.4. The molecule has 3 aromatic rings. The summed E-state index contributed by atoms with van der Waals surface area (Å²) >= 11 is 17.8. The van der Waals surface area contributed by atoms with Crippen LogP contribution < -0.4 is 10.6 Å². The van der Waals surface area contributed by atoms with Crippen LogP contribution in [0.4, 0.5) is 11.4 Å². The van der Waals surface area contributed by atoms with Gasteiger partial charge in [0.25, 0.3) is 0 Å². The van der Waals surface area contributed by atoms with E-state index in [1.165, 1.54) is 0 Å². The van der Waals surface area contributed by atoms with E-state index in [1.807, 2.05) is 24.3 Å². The first-order valence-corrected chi connectivity index (χ1v) is 9.28. The molecule has 0 spiro atoms. The number of hydrogen-bond acceptors (Lipinski definition) is 4. The topological polar surface area (TPSA) is 64.5 Å². The second kappa shape index (κ2) is 8.61. The highest BCUT2D eigenvalue weighted by Gasteiger charge is 2.06. The van der Waals surface area contributed by atoms with Gasteiger partial charge in [-0.2, -0.15) is 0 Å². The molecule has 140 valence electrons. The molecule has 0 bridgehead atoms. The molecule has 0 aromatic heterocycles. The third kappa shape index (κ3) is 5.13. The first kappa shape index (κ1) is 19.5. The second-order valence-corrected chi connectivity index (χ2v) is 7.22. The lowest BCUT2D eigenvalue weighted by Gasteiger charge is -2.15. The fourth-order valence-electron chi connectivity index (χ4n) is 2.55. The van der Waals surface area contributed by atoms with Crippen LogP contribution in [-0.4, -0.2) is 10.2 Å². The zero-order valence-electron chi connectivity index (χ0n) is 14.1. The fraction of sp³-hybridized carbons (Fsp3) is 0.100. The summed E-state index contributed by atoms with van der Waals surface area (Å²) in [4.78, 5) is 0. The summed E-state index contributed by atoms with van der Waals surface area (Å²) in [6.07, 6.45) is 0. The molecule has 0 fully saturated rings. The standard InChI is InChI=1S/C20H17Cl3N2O2/c21-14-3-6-17(24-10-12-1-4-15(22)19(26)7-12)18(9-14)25-11-13-2-5-16(23)20(27)8-13/h1-9,24-27H,10-11H2. The molecule has 0 aliphatic rings. The molecular formula is C20H17Cl3N2O2. The first-order valence-electron chi connectivity index (χ1n) is 8.14. The molecule has 0 aliphatic heterocycles. The van der Waals surface area contributed by atoms with Gasteiger partial charge in [0.2, 0.25) is 0 Å². The molecule has 0 saturated heterocycles. The summed E-state index contributed by atoms with van der Waals surface area (Å²) in [6, 6.07) is 15.7. The molecule has 0 amide bonds. The lowest BCUT2D eigenvalue weighted by molar-refractivity contribution is 0.474. The van der Waals surface area contributed by atoms with Crippen molar-refractivity contribution in [1.82, 2.24) is 0 Å². The zero-order chi connectivity index (χ0) is 19.4. The van der Waals surface area contributed by atoms with Crippen LogP contribution in [0.2, 0.25) is 15.1 Å². The van der Waals surface area contributed by atoms with Crippen molar-refractivity contribution in [1.29, 1.82) is 0 Å². The highest BCUT2D eigenvalue weighted by Crippen LogP contribution is 2.29. The van der Waals surface area contributed by atoms with E-state index < -0.39 is 0 Å². The quantitative estimate of drug-likeness (QED) is 0.376. The van der Waals surface area contributed by atoms with Crippen LogP contribution in [0.25, 0.3) is 0 Å². The normalized spacial score (nSPS) is 10.6. The van der Waals surface area contributed by atoms with E-state index in [-0.39, 0.29) is 11.5 Å². The van der Waals surface area contributed by atoms with Crippen LogP contribution in [0.5, 0.6) is 11.5 Å². The van der Waals surface area contributed by atoms with E-state index in [0.717, 1.165) is 22.5 Å². The monoisotopic (exact) mass is 422 g/mol. The summed E-state index contributed by atoms with van der Waals surface area (Å²) in [5.74, 6) is 0.0934. The van der Waals surface area contributed by atoms with Gasteiger partial charge in [-0.3, -0.25) is 0 Å². The van der Waals surface area contributed by atoms with Gasteiger partial charge < -0.3 is 20.8 Å². The summed E-state index contributed by atoms with van der Waals surface area (Å²) in [7, 11) is 0. The van der Waals surface area contributed by atoms with Crippen LogP contribution in [0.3, 0.4) is 0 Å². The van der Waals surface area contributed by atoms with E-state index in [2.05, 4.69) is 10.6 Å². The number of aromatic hydroxyl groups is 2. The Hall–Kier alpha value is -2.27. The second-order valence-electron chi connectivity index (χ2n) is 5.97. The van der Waals surface area contributed by atoms with E-state index in [0.29, 0.717) is 28.2 Å². The molecule has 27 heavy (non-hydrogen) atoms. The minimum Gasteiger partial charge on any atom is -0.506 e. The van der Waals surface area contributed by atoms with Gasteiger partial charge in [0.15, 0.2) is 0 Å². The molecule has 3 aromatic carbocycles. The van der Waals surface area contributed by atoms with Gasteiger partial charge in [-0.15, -0.1) is 0 Å².